The van der Waals surface area contributed by atoms with Crippen molar-refractivity contribution in [2.75, 3.05) is 17.7 Å². The number of nitrogens with two attached hydrogens (primary N) is 2. The van der Waals surface area contributed by atoms with E-state index in [9.17, 15) is 12.8 Å². The maximum Gasteiger partial charge on any atom is 0.220 e. The molecule has 0 atom stereocenters. The van der Waals surface area contributed by atoms with Crippen LogP contribution < -0.4 is 11.5 Å². The van der Waals surface area contributed by atoms with Gasteiger partial charge < -0.3 is 11.5 Å². The van der Waals surface area contributed by atoms with Crippen LogP contribution in [0.25, 0.3) is 11.3 Å². The Morgan fingerprint density at radius 3 is 2.43 bits per heavy atom. The molecule has 9 heteroatoms. The molecule has 0 unspecified atom stereocenters. The normalized spacial score (nSPS) is 11.0. The Morgan fingerprint density at radius 1 is 1.07 bits per heavy atom. The van der Waals surface area contributed by atoms with Crippen molar-refractivity contribution in [1.29, 1.82) is 0 Å². The van der Waals surface area contributed by atoms with E-state index >= 15 is 0 Å². The van der Waals surface area contributed by atoms with Crippen LogP contribution in [0.5, 0.6) is 0 Å². The zero-order chi connectivity index (χ0) is 20.5. The van der Waals surface area contributed by atoms with Gasteiger partial charge in [0, 0.05) is 23.6 Å². The summed E-state index contributed by atoms with van der Waals surface area (Å²) in [6.45, 7) is 1.68. The Balaban J connectivity index is 2.16. The maximum atomic E-state index is 14.7. The summed E-state index contributed by atoms with van der Waals surface area (Å²) in [7, 11) is -3.54. The number of aromatic nitrogens is 3. The molecule has 0 aliphatic rings. The summed E-state index contributed by atoms with van der Waals surface area (Å²) in [5.41, 5.74) is 13.0. The lowest BCUT2D eigenvalue weighted by Crippen LogP contribution is -2.05. The Morgan fingerprint density at radius 2 is 1.82 bits per heavy atom. The predicted molar refractivity (Wildman–Crippen MR) is 104 cm³/mol. The van der Waals surface area contributed by atoms with Crippen LogP contribution in [0.1, 0.15) is 16.8 Å². The topological polar surface area (TPSA) is 125 Å². The highest BCUT2D eigenvalue weighted by Crippen LogP contribution is 2.28. The van der Waals surface area contributed by atoms with Crippen molar-refractivity contribution >= 4 is 21.6 Å². The molecule has 2 heterocycles. The van der Waals surface area contributed by atoms with Gasteiger partial charge in [0.2, 0.25) is 5.95 Å². The lowest BCUT2D eigenvalue weighted by atomic mass is 10.0. The number of rotatable bonds is 2. The predicted octanol–water partition coefficient (Wildman–Crippen LogP) is 1.95. The molecule has 0 saturated heterocycles. The van der Waals surface area contributed by atoms with Gasteiger partial charge in [-0.15, -0.1) is 0 Å². The van der Waals surface area contributed by atoms with Crippen LogP contribution in [0.15, 0.2) is 41.4 Å². The summed E-state index contributed by atoms with van der Waals surface area (Å²) in [5, 5.41) is 0. The van der Waals surface area contributed by atoms with Crippen LogP contribution in [-0.4, -0.2) is 29.6 Å². The van der Waals surface area contributed by atoms with Gasteiger partial charge in [0.25, 0.3) is 0 Å². The fraction of sp³-hybridized carbons (Fsp3) is 0.105. The summed E-state index contributed by atoms with van der Waals surface area (Å²) < 4.78 is 38.0. The molecule has 0 fully saturated rings. The number of nitrogens with zero attached hydrogens (tertiary/aromatic N) is 3. The molecule has 4 N–H and O–H groups in total. The molecular formula is C19H16FN5O2S. The quantitative estimate of drug-likeness (QED) is 0.633. The SMILES string of the molecule is Cc1nc(N)nc(-c2ccc(S(C)(=O)=O)cc2F)c1C#Cc1ccc(N)nc1. The summed E-state index contributed by atoms with van der Waals surface area (Å²) in [6.07, 6.45) is 2.52. The van der Waals surface area contributed by atoms with Crippen LogP contribution in [0.2, 0.25) is 0 Å². The monoisotopic (exact) mass is 397 g/mol. The molecule has 2 aromatic heterocycles. The molecule has 142 valence electrons. The van der Waals surface area contributed by atoms with Crippen LogP contribution >= 0.6 is 0 Å². The third-order valence-corrected chi connectivity index (χ3v) is 4.96. The first-order chi connectivity index (χ1) is 13.1. The van der Waals surface area contributed by atoms with Gasteiger partial charge in [-0.05, 0) is 37.3 Å². The van der Waals surface area contributed by atoms with E-state index in [0.29, 0.717) is 22.6 Å². The molecule has 3 aromatic rings. The van der Waals surface area contributed by atoms with Crippen molar-refractivity contribution in [2.45, 2.75) is 11.8 Å². The van der Waals surface area contributed by atoms with Gasteiger partial charge in [-0.3, -0.25) is 0 Å². The molecule has 0 amide bonds. The number of hydrogen-bond donors (Lipinski definition) is 2. The Hall–Kier alpha value is -3.51. The van der Waals surface area contributed by atoms with Gasteiger partial charge in [0.05, 0.1) is 21.8 Å². The summed E-state index contributed by atoms with van der Waals surface area (Å²) in [5.74, 6) is 5.40. The second-order valence-electron chi connectivity index (χ2n) is 6.03. The van der Waals surface area contributed by atoms with E-state index in [1.165, 1.54) is 18.3 Å². The van der Waals surface area contributed by atoms with Crippen molar-refractivity contribution < 1.29 is 12.8 Å². The lowest BCUT2D eigenvalue weighted by molar-refractivity contribution is 0.596. The van der Waals surface area contributed by atoms with Crippen LogP contribution in [0, 0.1) is 24.6 Å². The van der Waals surface area contributed by atoms with Gasteiger partial charge in [0.15, 0.2) is 9.84 Å². The Kier molecular flexibility index (Phi) is 4.98. The van der Waals surface area contributed by atoms with E-state index < -0.39 is 15.7 Å². The lowest BCUT2D eigenvalue weighted by Gasteiger charge is -2.10. The number of pyridine rings is 1. The zero-order valence-electron chi connectivity index (χ0n) is 15.1. The molecule has 0 spiro atoms. The van der Waals surface area contributed by atoms with Gasteiger partial charge in [0.1, 0.15) is 11.6 Å². The standard InChI is InChI=1S/C19H16FN5O2S/c1-11-14(6-3-12-4-8-17(21)23-10-12)18(25-19(22)24-11)15-7-5-13(9-16(15)20)28(2,26)27/h4-5,7-10H,1-2H3,(H2,21,23)(H2,22,24,25). The molecule has 0 radical (unpaired) electrons. The molecular weight excluding hydrogens is 381 g/mol. The third kappa shape index (κ3) is 4.07. The van der Waals surface area contributed by atoms with Gasteiger partial charge in [-0.2, -0.15) is 0 Å². The number of hydrogen-bond acceptors (Lipinski definition) is 7. The van der Waals surface area contributed by atoms with Crippen molar-refractivity contribution in [3.63, 3.8) is 0 Å². The fourth-order valence-electron chi connectivity index (χ4n) is 2.47. The first-order valence-corrected chi connectivity index (χ1v) is 9.92. The first kappa shape index (κ1) is 19.3. The number of nitrogen functional groups attached to an aromatic ring is 2. The van der Waals surface area contributed by atoms with Crippen molar-refractivity contribution in [3.8, 4) is 23.1 Å². The third-order valence-electron chi connectivity index (χ3n) is 3.85. The largest absolute Gasteiger partial charge is 0.384 e. The van der Waals surface area contributed by atoms with E-state index in [1.54, 1.807) is 19.1 Å². The van der Waals surface area contributed by atoms with Gasteiger partial charge >= 0.3 is 0 Å². The van der Waals surface area contributed by atoms with E-state index in [0.717, 1.165) is 12.3 Å². The average Bonchev–Trinajstić information content (AvgIpc) is 2.61. The van der Waals surface area contributed by atoms with Crippen molar-refractivity contribution in [3.05, 3.63) is 59.2 Å². The average molecular weight is 397 g/mol. The summed E-state index contributed by atoms with van der Waals surface area (Å²) in [6, 6.07) is 6.90. The summed E-state index contributed by atoms with van der Waals surface area (Å²) in [4.78, 5) is 12.0. The Labute approximate surface area is 161 Å². The molecule has 1 aromatic carbocycles. The highest BCUT2D eigenvalue weighted by atomic mass is 32.2. The van der Waals surface area contributed by atoms with Crippen LogP contribution in [-0.2, 0) is 9.84 Å². The van der Waals surface area contributed by atoms with E-state index in [2.05, 4.69) is 26.8 Å². The Bertz CT molecular complexity index is 1230. The minimum Gasteiger partial charge on any atom is -0.384 e. The van der Waals surface area contributed by atoms with E-state index in [1.807, 2.05) is 0 Å². The number of benzene rings is 1. The molecule has 0 saturated carbocycles. The highest BCUT2D eigenvalue weighted by Gasteiger charge is 2.17. The minimum absolute atomic E-state index is 0.0428. The van der Waals surface area contributed by atoms with Crippen molar-refractivity contribution in [1.82, 2.24) is 15.0 Å². The molecule has 28 heavy (non-hydrogen) atoms. The van der Waals surface area contributed by atoms with E-state index in [4.69, 9.17) is 11.5 Å². The van der Waals surface area contributed by atoms with Gasteiger partial charge in [-0.1, -0.05) is 11.8 Å². The molecule has 0 bridgehead atoms. The minimum atomic E-state index is -3.54. The van der Waals surface area contributed by atoms with E-state index in [-0.39, 0.29) is 22.1 Å². The van der Waals surface area contributed by atoms with Gasteiger partial charge in [-0.25, -0.2) is 27.8 Å². The molecule has 0 aliphatic heterocycles. The first-order valence-electron chi connectivity index (χ1n) is 8.03. The fourth-order valence-corrected chi connectivity index (χ4v) is 3.10. The highest BCUT2D eigenvalue weighted by molar-refractivity contribution is 7.90. The number of anilines is 2. The number of sulfone groups is 1. The van der Waals surface area contributed by atoms with Crippen molar-refractivity contribution in [2.24, 2.45) is 0 Å². The maximum absolute atomic E-state index is 14.7. The summed E-state index contributed by atoms with van der Waals surface area (Å²) >= 11 is 0. The molecule has 0 aliphatic carbocycles. The second kappa shape index (κ2) is 7.25. The number of halogens is 1. The molecule has 7 nitrogen and oxygen atoms in total. The second-order valence-corrected chi connectivity index (χ2v) is 8.04. The zero-order valence-corrected chi connectivity index (χ0v) is 15.9. The smallest absolute Gasteiger partial charge is 0.220 e. The molecule has 3 rings (SSSR count). The van der Waals surface area contributed by atoms with Crippen LogP contribution in [0.3, 0.4) is 0 Å². The number of aryl methyl sites for hydroxylation is 1. The van der Waals surface area contributed by atoms with Crippen LogP contribution in [0.4, 0.5) is 16.2 Å².